The number of aryl methyl sites for hydroxylation is 1. The van der Waals surface area contributed by atoms with Crippen LogP contribution in [0.1, 0.15) is 62.7 Å². The van der Waals surface area contributed by atoms with Crippen molar-refractivity contribution in [2.75, 3.05) is 11.4 Å². The molecule has 1 aliphatic heterocycles. The van der Waals surface area contributed by atoms with Gasteiger partial charge in [-0.05, 0) is 84.3 Å². The van der Waals surface area contributed by atoms with Crippen molar-refractivity contribution in [3.8, 4) is 0 Å². The summed E-state index contributed by atoms with van der Waals surface area (Å²) in [4.78, 5) is 18.9. The highest BCUT2D eigenvalue weighted by molar-refractivity contribution is 5.80. The van der Waals surface area contributed by atoms with E-state index >= 15 is 0 Å². The number of fused-ring (bicyclic) bond motifs is 2. The lowest BCUT2D eigenvalue weighted by atomic mass is 9.98. The van der Waals surface area contributed by atoms with Crippen molar-refractivity contribution in [3.63, 3.8) is 0 Å². The van der Waals surface area contributed by atoms with E-state index in [4.69, 9.17) is 0 Å². The van der Waals surface area contributed by atoms with E-state index in [1.807, 2.05) is 22.9 Å². The van der Waals surface area contributed by atoms with Gasteiger partial charge in [0.15, 0.2) is 5.82 Å². The van der Waals surface area contributed by atoms with Crippen LogP contribution in [0.15, 0.2) is 53.3 Å². The Labute approximate surface area is 193 Å². The third-order valence-electron chi connectivity index (χ3n) is 7.05. The first kappa shape index (κ1) is 21.4. The van der Waals surface area contributed by atoms with Crippen molar-refractivity contribution in [3.05, 3.63) is 81.4 Å². The molecule has 3 heterocycles. The quantitative estimate of drug-likeness (QED) is 0.480. The summed E-state index contributed by atoms with van der Waals surface area (Å²) >= 11 is 0. The molecule has 0 amide bonds. The molecule has 0 bridgehead atoms. The summed E-state index contributed by atoms with van der Waals surface area (Å²) in [7, 11) is 0. The van der Waals surface area contributed by atoms with Crippen LogP contribution in [0.4, 0.5) is 5.69 Å². The first-order valence-corrected chi connectivity index (χ1v) is 11.7. The van der Waals surface area contributed by atoms with E-state index in [1.165, 1.54) is 11.1 Å². The Morgan fingerprint density at radius 2 is 1.94 bits per heavy atom. The van der Waals surface area contributed by atoms with Crippen LogP contribution in [0.3, 0.4) is 0 Å². The number of H-pyrrole nitrogens is 1. The van der Waals surface area contributed by atoms with Crippen molar-refractivity contribution in [2.24, 2.45) is 0 Å². The number of para-hydroxylation sites is 1. The molecule has 4 aromatic rings. The van der Waals surface area contributed by atoms with Gasteiger partial charge in [-0.15, -0.1) is 5.10 Å². The monoisotopic (exact) mass is 442 g/mol. The Morgan fingerprint density at radius 3 is 2.73 bits per heavy atom. The largest absolute Gasteiger partial charge is 0.357 e. The number of nitrogens with zero attached hydrogens (tertiary/aromatic N) is 5. The van der Waals surface area contributed by atoms with Gasteiger partial charge in [-0.25, -0.2) is 4.68 Å². The number of anilines is 1. The van der Waals surface area contributed by atoms with Crippen molar-refractivity contribution in [1.29, 1.82) is 0 Å². The first-order valence-electron chi connectivity index (χ1n) is 11.7. The fourth-order valence-electron chi connectivity index (χ4n) is 4.72. The number of aromatic nitrogens is 5. The van der Waals surface area contributed by atoms with Crippen molar-refractivity contribution >= 4 is 16.6 Å². The molecule has 5 rings (SSSR count). The average molecular weight is 443 g/mol. The number of tetrazole rings is 1. The molecule has 1 atom stereocenters. The minimum atomic E-state index is -0.395. The van der Waals surface area contributed by atoms with E-state index in [0.717, 1.165) is 42.4 Å². The van der Waals surface area contributed by atoms with E-state index in [1.54, 1.807) is 0 Å². The van der Waals surface area contributed by atoms with E-state index in [0.29, 0.717) is 11.4 Å². The first-order chi connectivity index (χ1) is 15.9. The van der Waals surface area contributed by atoms with Crippen molar-refractivity contribution < 1.29 is 0 Å². The summed E-state index contributed by atoms with van der Waals surface area (Å²) in [6.07, 6.45) is 2.73. The van der Waals surface area contributed by atoms with E-state index in [9.17, 15) is 4.79 Å². The minimum Gasteiger partial charge on any atom is -0.357 e. The summed E-state index contributed by atoms with van der Waals surface area (Å²) in [5, 5.41) is 13.9. The molecule has 7 nitrogen and oxygen atoms in total. The smallest absolute Gasteiger partial charge is 0.254 e. The molecule has 1 N–H and O–H groups in total. The van der Waals surface area contributed by atoms with Crippen LogP contribution in [0.2, 0.25) is 0 Å². The summed E-state index contributed by atoms with van der Waals surface area (Å²) < 4.78 is 1.89. The van der Waals surface area contributed by atoms with Crippen molar-refractivity contribution in [1.82, 2.24) is 25.2 Å². The Bertz CT molecular complexity index is 1370. The average Bonchev–Trinajstić information content (AvgIpc) is 3.48. The number of hydrogen-bond donors (Lipinski definition) is 1. The predicted molar refractivity (Wildman–Crippen MR) is 131 cm³/mol. The molecule has 0 saturated carbocycles. The second kappa shape index (κ2) is 8.14. The summed E-state index contributed by atoms with van der Waals surface area (Å²) in [5.74, 6) is 0.690. The highest BCUT2D eigenvalue weighted by Crippen LogP contribution is 2.38. The molecule has 1 unspecified atom stereocenters. The van der Waals surface area contributed by atoms with Gasteiger partial charge in [0.25, 0.3) is 5.56 Å². The van der Waals surface area contributed by atoms with Gasteiger partial charge in [0.05, 0.1) is 5.54 Å². The van der Waals surface area contributed by atoms with Crippen LogP contribution in [-0.4, -0.2) is 31.7 Å². The predicted octanol–water partition coefficient (Wildman–Crippen LogP) is 4.37. The van der Waals surface area contributed by atoms with E-state index < -0.39 is 6.04 Å². The van der Waals surface area contributed by atoms with Crippen LogP contribution in [0, 0.1) is 0 Å². The second-order valence-electron chi connectivity index (χ2n) is 9.42. The lowest BCUT2D eigenvalue weighted by Gasteiger charge is -2.32. The third-order valence-corrected chi connectivity index (χ3v) is 7.05. The molecule has 0 spiro atoms. The highest BCUT2D eigenvalue weighted by Gasteiger charge is 2.36. The fraction of sp³-hybridized carbons (Fsp3) is 0.385. The maximum absolute atomic E-state index is 13.5. The normalized spacial score (nSPS) is 14.6. The number of hydrogen-bond acceptors (Lipinski definition) is 5. The van der Waals surface area contributed by atoms with Crippen LogP contribution in [0.25, 0.3) is 10.9 Å². The maximum Gasteiger partial charge on any atom is 0.254 e. The van der Waals surface area contributed by atoms with Gasteiger partial charge in [0.1, 0.15) is 6.04 Å². The van der Waals surface area contributed by atoms with Crippen LogP contribution < -0.4 is 10.5 Å². The lowest BCUT2D eigenvalue weighted by Crippen LogP contribution is -2.37. The number of pyridine rings is 1. The number of aromatic amines is 1. The van der Waals surface area contributed by atoms with Gasteiger partial charge in [-0.2, -0.15) is 0 Å². The van der Waals surface area contributed by atoms with Crippen molar-refractivity contribution in [2.45, 2.75) is 58.5 Å². The topological polar surface area (TPSA) is 79.7 Å². The summed E-state index contributed by atoms with van der Waals surface area (Å²) in [6, 6.07) is 16.2. The molecule has 7 heteroatoms. The highest BCUT2D eigenvalue weighted by atomic mass is 16.1. The molecule has 2 aromatic heterocycles. The summed E-state index contributed by atoms with van der Waals surface area (Å²) in [5.41, 5.74) is 4.76. The Balaban J connectivity index is 1.75. The number of nitrogens with one attached hydrogen (secondary N) is 1. The zero-order valence-corrected chi connectivity index (χ0v) is 19.7. The SMILES string of the molecule is CCc1ccc2[nH]c(=O)c(C(c3nnnn3C(C)(C)CC)N3CCc4ccccc43)cc2c1. The van der Waals surface area contributed by atoms with Gasteiger partial charge in [0.2, 0.25) is 0 Å². The Morgan fingerprint density at radius 1 is 1.12 bits per heavy atom. The molecule has 170 valence electrons. The van der Waals surface area contributed by atoms with Crippen LogP contribution >= 0.6 is 0 Å². The second-order valence-corrected chi connectivity index (χ2v) is 9.42. The van der Waals surface area contributed by atoms with Crippen LogP contribution in [-0.2, 0) is 18.4 Å². The molecule has 0 aliphatic carbocycles. The van der Waals surface area contributed by atoms with Gasteiger partial charge in [-0.3, -0.25) is 4.79 Å². The Hall–Kier alpha value is -3.48. The molecule has 0 fully saturated rings. The third kappa shape index (κ3) is 3.61. The molecule has 2 aromatic carbocycles. The van der Waals surface area contributed by atoms with E-state index in [2.05, 4.69) is 83.4 Å². The number of rotatable bonds is 6. The Kier molecular flexibility index (Phi) is 5.27. The maximum atomic E-state index is 13.5. The summed E-state index contributed by atoms with van der Waals surface area (Å²) in [6.45, 7) is 9.31. The van der Waals surface area contributed by atoms with Gasteiger partial charge >= 0.3 is 0 Å². The van der Waals surface area contributed by atoms with Crippen LogP contribution in [0.5, 0.6) is 0 Å². The standard InChI is InChI=1S/C26H30N6O/c1-5-17-11-12-21-19(15-17)16-20(25(33)27-21)23(24-28-29-30-32(24)26(3,4)6-2)31-14-13-18-9-7-8-10-22(18)31/h7-12,15-16,23H,5-6,13-14H2,1-4H3,(H,27,33). The fourth-order valence-corrected chi connectivity index (χ4v) is 4.72. The zero-order chi connectivity index (χ0) is 23.2. The van der Waals surface area contributed by atoms with Gasteiger partial charge in [-0.1, -0.05) is 38.1 Å². The van der Waals surface area contributed by atoms with E-state index in [-0.39, 0.29) is 11.1 Å². The molecule has 1 aliphatic rings. The zero-order valence-electron chi connectivity index (χ0n) is 19.7. The lowest BCUT2D eigenvalue weighted by molar-refractivity contribution is 0.287. The van der Waals surface area contributed by atoms with Gasteiger partial charge in [0, 0.05) is 23.3 Å². The van der Waals surface area contributed by atoms with Gasteiger partial charge < -0.3 is 9.88 Å². The number of benzene rings is 2. The minimum absolute atomic E-state index is 0.106. The molecule has 0 saturated heterocycles. The molecular weight excluding hydrogens is 412 g/mol. The molecule has 0 radical (unpaired) electrons. The molecular formula is C26H30N6O. The molecule has 33 heavy (non-hydrogen) atoms.